The van der Waals surface area contributed by atoms with Crippen LogP contribution < -0.4 is 5.32 Å². The van der Waals surface area contributed by atoms with Gasteiger partial charge in [0.2, 0.25) is 5.28 Å². The van der Waals surface area contributed by atoms with E-state index in [1.165, 1.54) is 0 Å². The van der Waals surface area contributed by atoms with Crippen LogP contribution in [0.2, 0.25) is 5.28 Å². The summed E-state index contributed by atoms with van der Waals surface area (Å²) in [6.45, 7) is 4.26. The Bertz CT molecular complexity index is 482. The molecule has 0 spiro atoms. The van der Waals surface area contributed by atoms with Crippen LogP contribution in [0.15, 0.2) is 41.7 Å². The summed E-state index contributed by atoms with van der Waals surface area (Å²) < 4.78 is 5.28. The number of nitrogens with zero attached hydrogens (tertiary/aromatic N) is 2. The number of hydrogen-bond donors (Lipinski definition) is 1. The lowest BCUT2D eigenvalue weighted by Crippen LogP contribution is -2.02. The third kappa shape index (κ3) is 2.23. The van der Waals surface area contributed by atoms with Crippen molar-refractivity contribution in [3.05, 3.63) is 42.5 Å². The van der Waals surface area contributed by atoms with Crippen molar-refractivity contribution in [2.75, 3.05) is 11.9 Å². The molecule has 0 aromatic carbocycles. The molecule has 2 aromatic rings. The Balaban J connectivity index is 2.40. The van der Waals surface area contributed by atoms with Gasteiger partial charge in [0.1, 0.15) is 5.69 Å². The Morgan fingerprint density at radius 3 is 3.12 bits per heavy atom. The number of anilines is 1. The molecule has 0 radical (unpaired) electrons. The lowest BCUT2D eigenvalue weighted by atomic mass is 10.2. The van der Waals surface area contributed by atoms with Crippen LogP contribution in [0, 0.1) is 0 Å². The molecular weight excluding hydrogens is 226 g/mol. The van der Waals surface area contributed by atoms with Crippen LogP contribution in [-0.2, 0) is 0 Å². The first-order chi connectivity index (χ1) is 7.81. The zero-order chi connectivity index (χ0) is 11.4. The maximum absolute atomic E-state index is 5.76. The van der Waals surface area contributed by atoms with Crippen LogP contribution in [0.4, 0.5) is 5.69 Å². The fourth-order valence-electron chi connectivity index (χ4n) is 1.27. The highest BCUT2D eigenvalue weighted by molar-refractivity contribution is 6.28. The van der Waals surface area contributed by atoms with E-state index < -0.39 is 0 Å². The minimum Gasteiger partial charge on any atom is -0.463 e. The molecule has 82 valence electrons. The number of rotatable bonds is 4. The van der Waals surface area contributed by atoms with Gasteiger partial charge in [-0.1, -0.05) is 6.08 Å². The quantitative estimate of drug-likeness (QED) is 0.654. The molecule has 2 aromatic heterocycles. The van der Waals surface area contributed by atoms with Gasteiger partial charge >= 0.3 is 0 Å². The van der Waals surface area contributed by atoms with Crippen LogP contribution >= 0.6 is 11.6 Å². The van der Waals surface area contributed by atoms with Gasteiger partial charge in [0.25, 0.3) is 0 Å². The molecule has 0 unspecified atom stereocenters. The number of furan rings is 1. The van der Waals surface area contributed by atoms with Gasteiger partial charge in [-0.05, 0) is 23.7 Å². The van der Waals surface area contributed by atoms with Gasteiger partial charge in [-0.25, -0.2) is 9.97 Å². The summed E-state index contributed by atoms with van der Waals surface area (Å²) in [4.78, 5) is 8.05. The van der Waals surface area contributed by atoms with Crippen LogP contribution in [0.25, 0.3) is 11.5 Å². The Labute approximate surface area is 98.0 Å². The summed E-state index contributed by atoms with van der Waals surface area (Å²) in [5, 5.41) is 3.31. The number of halogens is 1. The average molecular weight is 236 g/mol. The van der Waals surface area contributed by atoms with Crippen molar-refractivity contribution in [1.82, 2.24) is 9.97 Å². The molecule has 4 nitrogen and oxygen atoms in total. The van der Waals surface area contributed by atoms with Crippen molar-refractivity contribution in [3.8, 4) is 11.5 Å². The minimum absolute atomic E-state index is 0.190. The number of hydrogen-bond acceptors (Lipinski definition) is 4. The molecule has 0 aliphatic carbocycles. The number of nitrogens with one attached hydrogen (secondary N) is 1. The fourth-order valence-corrected chi connectivity index (χ4v) is 1.41. The summed E-state index contributed by atoms with van der Waals surface area (Å²) in [6.07, 6.45) is 4.96. The van der Waals surface area contributed by atoms with E-state index in [2.05, 4.69) is 21.9 Å². The van der Waals surface area contributed by atoms with Crippen LogP contribution in [0.5, 0.6) is 0 Å². The van der Waals surface area contributed by atoms with Crippen molar-refractivity contribution < 1.29 is 4.42 Å². The molecule has 5 heteroatoms. The average Bonchev–Trinajstić information content (AvgIpc) is 2.80. The molecule has 0 amide bonds. The van der Waals surface area contributed by atoms with E-state index >= 15 is 0 Å². The van der Waals surface area contributed by atoms with Gasteiger partial charge in [-0.3, -0.25) is 0 Å². The fraction of sp³-hybridized carbons (Fsp3) is 0.0909. The molecule has 16 heavy (non-hydrogen) atoms. The standard InChI is InChI=1S/C11H10ClN3O/c1-2-5-13-8-7-14-11(12)15-10(8)9-4-3-6-16-9/h2-4,6-7,13H,1,5H2. The normalized spacial score (nSPS) is 10.1. The molecule has 2 rings (SSSR count). The number of aromatic nitrogens is 2. The molecule has 1 N–H and O–H groups in total. The van der Waals surface area contributed by atoms with E-state index in [1.807, 2.05) is 6.07 Å². The maximum Gasteiger partial charge on any atom is 0.223 e. The summed E-state index contributed by atoms with van der Waals surface area (Å²) in [5.74, 6) is 0.649. The van der Waals surface area contributed by atoms with Gasteiger partial charge in [-0.2, -0.15) is 0 Å². The van der Waals surface area contributed by atoms with Crippen molar-refractivity contribution in [2.24, 2.45) is 0 Å². The molecule has 2 heterocycles. The Morgan fingerprint density at radius 2 is 2.44 bits per heavy atom. The van der Waals surface area contributed by atoms with Crippen molar-refractivity contribution in [1.29, 1.82) is 0 Å². The first-order valence-electron chi connectivity index (χ1n) is 4.72. The monoisotopic (exact) mass is 235 g/mol. The molecule has 0 aliphatic rings. The Kier molecular flexibility index (Phi) is 3.22. The lowest BCUT2D eigenvalue weighted by Gasteiger charge is -2.07. The molecular formula is C11H10ClN3O. The van der Waals surface area contributed by atoms with E-state index in [-0.39, 0.29) is 5.28 Å². The van der Waals surface area contributed by atoms with Crippen LogP contribution in [-0.4, -0.2) is 16.5 Å². The van der Waals surface area contributed by atoms with E-state index in [9.17, 15) is 0 Å². The highest BCUT2D eigenvalue weighted by atomic mass is 35.5. The topological polar surface area (TPSA) is 51.0 Å². The highest BCUT2D eigenvalue weighted by Gasteiger charge is 2.10. The van der Waals surface area contributed by atoms with Crippen molar-refractivity contribution >= 4 is 17.3 Å². The lowest BCUT2D eigenvalue weighted by molar-refractivity contribution is 0.580. The van der Waals surface area contributed by atoms with Gasteiger partial charge in [0.05, 0.1) is 18.1 Å². The van der Waals surface area contributed by atoms with E-state index in [4.69, 9.17) is 16.0 Å². The first-order valence-corrected chi connectivity index (χ1v) is 5.10. The van der Waals surface area contributed by atoms with Gasteiger partial charge in [0.15, 0.2) is 5.76 Å². The zero-order valence-corrected chi connectivity index (χ0v) is 9.24. The molecule has 0 atom stereocenters. The highest BCUT2D eigenvalue weighted by Crippen LogP contribution is 2.26. The zero-order valence-electron chi connectivity index (χ0n) is 8.48. The second-order valence-corrected chi connectivity index (χ2v) is 3.39. The van der Waals surface area contributed by atoms with Crippen molar-refractivity contribution in [3.63, 3.8) is 0 Å². The van der Waals surface area contributed by atoms with E-state index in [0.717, 1.165) is 5.69 Å². The summed E-state index contributed by atoms with van der Waals surface area (Å²) >= 11 is 5.76. The first kappa shape index (κ1) is 10.7. The summed E-state index contributed by atoms with van der Waals surface area (Å²) in [7, 11) is 0. The molecule has 0 fully saturated rings. The third-order valence-corrected chi connectivity index (χ3v) is 2.13. The smallest absolute Gasteiger partial charge is 0.223 e. The van der Waals surface area contributed by atoms with Gasteiger partial charge < -0.3 is 9.73 Å². The molecule has 0 bridgehead atoms. The van der Waals surface area contributed by atoms with Crippen molar-refractivity contribution in [2.45, 2.75) is 0 Å². The van der Waals surface area contributed by atoms with E-state index in [1.54, 1.807) is 24.6 Å². The van der Waals surface area contributed by atoms with Crippen LogP contribution in [0.1, 0.15) is 0 Å². The SMILES string of the molecule is C=CCNc1cnc(Cl)nc1-c1ccco1. The molecule has 0 saturated heterocycles. The van der Waals surface area contributed by atoms with Crippen LogP contribution in [0.3, 0.4) is 0 Å². The van der Waals surface area contributed by atoms with Gasteiger partial charge in [0, 0.05) is 6.54 Å². The Hall–Kier alpha value is -1.81. The summed E-state index contributed by atoms with van der Waals surface area (Å²) in [5.41, 5.74) is 1.41. The minimum atomic E-state index is 0.190. The second kappa shape index (κ2) is 4.81. The molecule has 0 aliphatic heterocycles. The summed E-state index contributed by atoms with van der Waals surface area (Å²) in [6, 6.07) is 3.61. The predicted octanol–water partition coefficient (Wildman–Crippen LogP) is 2.99. The Morgan fingerprint density at radius 1 is 1.56 bits per heavy atom. The molecule has 0 saturated carbocycles. The maximum atomic E-state index is 5.76. The second-order valence-electron chi connectivity index (χ2n) is 3.05. The third-order valence-electron chi connectivity index (χ3n) is 1.95. The van der Waals surface area contributed by atoms with Gasteiger partial charge in [-0.15, -0.1) is 6.58 Å². The largest absolute Gasteiger partial charge is 0.463 e. The predicted molar refractivity (Wildman–Crippen MR) is 63.4 cm³/mol. The van der Waals surface area contributed by atoms with E-state index in [0.29, 0.717) is 18.0 Å².